The van der Waals surface area contributed by atoms with E-state index in [1.807, 2.05) is 30.5 Å². The number of halogens is 1. The lowest BCUT2D eigenvalue weighted by Crippen LogP contribution is -1.94. The molecule has 0 unspecified atom stereocenters. The molecule has 0 fully saturated rings. The van der Waals surface area contributed by atoms with E-state index in [0.717, 1.165) is 11.1 Å². The van der Waals surface area contributed by atoms with Crippen molar-refractivity contribution < 1.29 is 14.3 Å². The number of nitrogens with zero attached hydrogens (tertiary/aromatic N) is 1. The number of carboxylic acids is 1. The molecule has 3 aromatic rings. The van der Waals surface area contributed by atoms with Crippen molar-refractivity contribution in [3.05, 3.63) is 59.5 Å². The highest BCUT2D eigenvalue weighted by molar-refractivity contribution is 6.04. The molecule has 0 saturated carbocycles. The molecule has 0 radical (unpaired) electrons. The summed E-state index contributed by atoms with van der Waals surface area (Å²) in [6, 6.07) is 10.4. The van der Waals surface area contributed by atoms with Gasteiger partial charge in [-0.15, -0.1) is 0 Å². The Balaban J connectivity index is 2.27. The van der Waals surface area contributed by atoms with Crippen molar-refractivity contribution in [2.24, 2.45) is 0 Å². The van der Waals surface area contributed by atoms with Crippen LogP contribution in [0.1, 0.15) is 22.8 Å². The fourth-order valence-electron chi connectivity index (χ4n) is 2.76. The van der Waals surface area contributed by atoms with Crippen molar-refractivity contribution in [2.45, 2.75) is 20.4 Å². The van der Waals surface area contributed by atoms with Gasteiger partial charge in [0.2, 0.25) is 0 Å². The first-order valence-corrected chi connectivity index (χ1v) is 7.14. The van der Waals surface area contributed by atoms with Crippen LogP contribution in [0, 0.1) is 12.7 Å². The number of hydrogen-bond acceptors (Lipinski definition) is 1. The first-order chi connectivity index (χ1) is 10.5. The molecule has 4 heteroatoms. The second kappa shape index (κ2) is 5.30. The molecule has 0 aliphatic rings. The van der Waals surface area contributed by atoms with E-state index >= 15 is 0 Å². The van der Waals surface area contributed by atoms with Gasteiger partial charge in [-0.3, -0.25) is 0 Å². The first-order valence-electron chi connectivity index (χ1n) is 7.14. The lowest BCUT2D eigenvalue weighted by atomic mass is 10.0. The van der Waals surface area contributed by atoms with Gasteiger partial charge in [-0.05, 0) is 43.7 Å². The average molecular weight is 297 g/mol. The number of fused-ring (bicyclic) bond motifs is 1. The molecule has 0 aliphatic heterocycles. The maximum atomic E-state index is 14.1. The summed E-state index contributed by atoms with van der Waals surface area (Å²) in [5.41, 5.74) is 3.22. The van der Waals surface area contributed by atoms with Gasteiger partial charge in [-0.1, -0.05) is 17.7 Å². The Morgan fingerprint density at radius 3 is 2.68 bits per heavy atom. The molecule has 3 rings (SSSR count). The summed E-state index contributed by atoms with van der Waals surface area (Å²) in [4.78, 5) is 11.4. The largest absolute Gasteiger partial charge is 0.478 e. The Kier molecular flexibility index (Phi) is 3.45. The highest BCUT2D eigenvalue weighted by Gasteiger charge is 2.15. The summed E-state index contributed by atoms with van der Waals surface area (Å²) in [7, 11) is 0. The van der Waals surface area contributed by atoms with E-state index in [4.69, 9.17) is 0 Å². The summed E-state index contributed by atoms with van der Waals surface area (Å²) < 4.78 is 15.9. The number of hydrogen-bond donors (Lipinski definition) is 1. The molecule has 0 saturated heterocycles. The van der Waals surface area contributed by atoms with Gasteiger partial charge in [-0.2, -0.15) is 0 Å². The molecule has 1 N–H and O–H groups in total. The van der Waals surface area contributed by atoms with Gasteiger partial charge in [-0.25, -0.2) is 9.18 Å². The standard InChI is InChI=1S/C18H16FNO2/c1-3-20-10-15(18(21)22)14-9-12(5-7-17(14)20)13-8-11(2)4-6-16(13)19/h4-10H,3H2,1-2H3,(H,21,22). The minimum atomic E-state index is -0.973. The van der Waals surface area contributed by atoms with Crippen LogP contribution in [0.5, 0.6) is 0 Å². The second-order valence-corrected chi connectivity index (χ2v) is 5.35. The zero-order chi connectivity index (χ0) is 15.9. The van der Waals surface area contributed by atoms with Crippen LogP contribution in [0.4, 0.5) is 4.39 Å². The molecule has 112 valence electrons. The lowest BCUT2D eigenvalue weighted by Gasteiger charge is -2.07. The summed E-state index contributed by atoms with van der Waals surface area (Å²) in [5.74, 6) is -1.28. The Bertz CT molecular complexity index is 880. The third kappa shape index (κ3) is 2.26. The minimum Gasteiger partial charge on any atom is -0.478 e. The van der Waals surface area contributed by atoms with Crippen LogP contribution in [-0.2, 0) is 6.54 Å². The molecule has 0 bridgehead atoms. The van der Waals surface area contributed by atoms with Crippen molar-refractivity contribution >= 4 is 16.9 Å². The Morgan fingerprint density at radius 1 is 1.23 bits per heavy atom. The molecule has 0 amide bonds. The lowest BCUT2D eigenvalue weighted by molar-refractivity contribution is 0.0699. The summed E-state index contributed by atoms with van der Waals surface area (Å²) in [5, 5.41) is 10.00. The minimum absolute atomic E-state index is 0.242. The average Bonchev–Trinajstić information content (AvgIpc) is 2.87. The summed E-state index contributed by atoms with van der Waals surface area (Å²) >= 11 is 0. The summed E-state index contributed by atoms with van der Waals surface area (Å²) in [6.07, 6.45) is 1.63. The predicted molar refractivity (Wildman–Crippen MR) is 84.7 cm³/mol. The topological polar surface area (TPSA) is 42.2 Å². The van der Waals surface area contributed by atoms with E-state index in [1.165, 1.54) is 6.07 Å². The molecule has 3 nitrogen and oxygen atoms in total. The molecular weight excluding hydrogens is 281 g/mol. The van der Waals surface area contributed by atoms with E-state index in [1.54, 1.807) is 24.4 Å². The number of aromatic carboxylic acids is 1. The number of benzene rings is 2. The highest BCUT2D eigenvalue weighted by atomic mass is 19.1. The van der Waals surface area contributed by atoms with Crippen LogP contribution in [0.3, 0.4) is 0 Å². The van der Waals surface area contributed by atoms with Crippen LogP contribution >= 0.6 is 0 Å². The first kappa shape index (κ1) is 14.3. The second-order valence-electron chi connectivity index (χ2n) is 5.35. The molecule has 0 spiro atoms. The fraction of sp³-hybridized carbons (Fsp3) is 0.167. The SMILES string of the molecule is CCn1cc(C(=O)O)c2cc(-c3cc(C)ccc3F)ccc21. The van der Waals surface area contributed by atoms with Crippen molar-refractivity contribution in [1.29, 1.82) is 0 Å². The van der Waals surface area contributed by atoms with Gasteiger partial charge in [0, 0.05) is 29.2 Å². The third-order valence-corrected chi connectivity index (χ3v) is 3.89. The van der Waals surface area contributed by atoms with E-state index in [9.17, 15) is 14.3 Å². The normalized spacial score (nSPS) is 11.0. The van der Waals surface area contributed by atoms with Crippen molar-refractivity contribution in [1.82, 2.24) is 4.57 Å². The Hall–Kier alpha value is -2.62. The van der Waals surface area contributed by atoms with Gasteiger partial charge >= 0.3 is 5.97 Å². The molecule has 2 aromatic carbocycles. The molecule has 1 aromatic heterocycles. The Labute approximate surface area is 127 Å². The van der Waals surface area contributed by atoms with Gasteiger partial charge in [0.1, 0.15) is 5.82 Å². The molecule has 22 heavy (non-hydrogen) atoms. The number of aromatic nitrogens is 1. The van der Waals surface area contributed by atoms with Gasteiger partial charge in [0.15, 0.2) is 0 Å². The van der Waals surface area contributed by atoms with Gasteiger partial charge in [0.25, 0.3) is 0 Å². The Morgan fingerprint density at radius 2 is 2.00 bits per heavy atom. The van der Waals surface area contributed by atoms with Crippen LogP contribution in [0.2, 0.25) is 0 Å². The van der Waals surface area contributed by atoms with E-state index in [-0.39, 0.29) is 11.4 Å². The van der Waals surface area contributed by atoms with Crippen molar-refractivity contribution in [3.63, 3.8) is 0 Å². The maximum absolute atomic E-state index is 14.1. The number of carbonyl (C=O) groups is 1. The highest BCUT2D eigenvalue weighted by Crippen LogP contribution is 2.30. The van der Waals surface area contributed by atoms with Crippen molar-refractivity contribution in [3.8, 4) is 11.1 Å². The van der Waals surface area contributed by atoms with E-state index in [0.29, 0.717) is 23.1 Å². The molecule has 0 aliphatic carbocycles. The maximum Gasteiger partial charge on any atom is 0.337 e. The number of carboxylic acid groups (broad SMARTS) is 1. The van der Waals surface area contributed by atoms with Crippen LogP contribution in [-0.4, -0.2) is 15.6 Å². The number of aryl methyl sites for hydroxylation is 2. The van der Waals surface area contributed by atoms with E-state index in [2.05, 4.69) is 0 Å². The fourth-order valence-corrected chi connectivity index (χ4v) is 2.76. The molecule has 1 heterocycles. The third-order valence-electron chi connectivity index (χ3n) is 3.89. The van der Waals surface area contributed by atoms with Gasteiger partial charge < -0.3 is 9.67 Å². The predicted octanol–water partition coefficient (Wildman–Crippen LogP) is 4.47. The van der Waals surface area contributed by atoms with Crippen LogP contribution in [0.25, 0.3) is 22.0 Å². The molecular formula is C18H16FNO2. The molecule has 0 atom stereocenters. The monoisotopic (exact) mass is 297 g/mol. The van der Waals surface area contributed by atoms with Crippen LogP contribution < -0.4 is 0 Å². The van der Waals surface area contributed by atoms with Crippen LogP contribution in [0.15, 0.2) is 42.6 Å². The van der Waals surface area contributed by atoms with Crippen molar-refractivity contribution in [2.75, 3.05) is 0 Å². The van der Waals surface area contributed by atoms with E-state index < -0.39 is 5.97 Å². The number of rotatable bonds is 3. The zero-order valence-electron chi connectivity index (χ0n) is 12.4. The smallest absolute Gasteiger partial charge is 0.337 e. The summed E-state index contributed by atoms with van der Waals surface area (Å²) in [6.45, 7) is 4.54. The zero-order valence-corrected chi connectivity index (χ0v) is 12.4. The quantitative estimate of drug-likeness (QED) is 0.774. The van der Waals surface area contributed by atoms with Gasteiger partial charge in [0.05, 0.1) is 5.56 Å².